The summed E-state index contributed by atoms with van der Waals surface area (Å²) in [6, 6.07) is 6.29. The van der Waals surface area contributed by atoms with Crippen molar-refractivity contribution in [3.63, 3.8) is 0 Å². The normalized spacial score (nSPS) is 10.7. The molecule has 0 atom stereocenters. The van der Waals surface area contributed by atoms with E-state index in [0.29, 0.717) is 0 Å². The van der Waals surface area contributed by atoms with Crippen LogP contribution >= 0.6 is 0 Å². The van der Waals surface area contributed by atoms with E-state index in [9.17, 15) is 8.42 Å². The molecule has 1 aromatic carbocycles. The first-order valence-electron chi connectivity index (χ1n) is 4.81. The van der Waals surface area contributed by atoms with Crippen molar-refractivity contribution in [1.29, 1.82) is 0 Å². The molecule has 0 aromatic heterocycles. The Labute approximate surface area is 119 Å². The van der Waals surface area contributed by atoms with E-state index >= 15 is 0 Å². The van der Waals surface area contributed by atoms with Crippen LogP contribution in [0, 0.1) is 0 Å². The molecule has 0 aliphatic rings. The molecule has 1 rings (SSSR count). The van der Waals surface area contributed by atoms with Gasteiger partial charge in [-0.05, 0) is 32.0 Å². The molecule has 0 bridgehead atoms. The molecule has 0 saturated carbocycles. The molecule has 0 unspecified atom stereocenters. The molecule has 0 spiro atoms. The van der Waals surface area contributed by atoms with E-state index in [1.54, 1.807) is 6.07 Å². The zero-order valence-electron chi connectivity index (χ0n) is 8.84. The molecule has 4 nitrogen and oxygen atoms in total. The number of rotatable bonds is 4. The van der Waals surface area contributed by atoms with Crippen LogP contribution in [0.1, 0.15) is 13.8 Å². The second kappa shape index (κ2) is 6.61. The topological polar surface area (TPSA) is 57.6 Å². The molecule has 0 aliphatic carbocycles. The molecule has 0 saturated heterocycles. The number of benzene rings is 1. The number of hydrogen-bond donors (Lipinski definition) is 1. The third kappa shape index (κ3) is 4.07. The molecule has 0 radical (unpaired) electrons. The van der Waals surface area contributed by atoms with Crippen LogP contribution in [0.5, 0.6) is 0 Å². The summed E-state index contributed by atoms with van der Waals surface area (Å²) in [5.74, 6) is 0. The van der Waals surface area contributed by atoms with Crippen LogP contribution in [0.4, 0.5) is 5.69 Å². The van der Waals surface area contributed by atoms with Crippen molar-refractivity contribution in [3.8, 4) is 0 Å². The Morgan fingerprint density at radius 2 is 1.81 bits per heavy atom. The van der Waals surface area contributed by atoms with Gasteiger partial charge in [-0.3, -0.25) is 4.55 Å². The molecule has 0 aliphatic heterocycles. The van der Waals surface area contributed by atoms with Gasteiger partial charge < -0.3 is 4.90 Å². The Hall–Kier alpha value is -0.0700. The van der Waals surface area contributed by atoms with Gasteiger partial charge in [-0.25, -0.2) is 0 Å². The van der Waals surface area contributed by atoms with Gasteiger partial charge in [0, 0.05) is 18.8 Å². The van der Waals surface area contributed by atoms with Gasteiger partial charge in [0.1, 0.15) is 0 Å². The standard InChI is InChI=1S/C10H15NO3S.Na.H/c1-3-11(4-2)9-6-5-7-10(8-9)15(12,13)14;;/h5-8H,3-4H2,1-2H3,(H,12,13,14);;. The van der Waals surface area contributed by atoms with Crippen molar-refractivity contribution in [1.82, 2.24) is 0 Å². The van der Waals surface area contributed by atoms with E-state index in [4.69, 9.17) is 4.55 Å². The minimum atomic E-state index is -4.10. The van der Waals surface area contributed by atoms with Gasteiger partial charge in [0.2, 0.25) is 0 Å². The maximum atomic E-state index is 10.9. The third-order valence-electron chi connectivity index (χ3n) is 2.24. The van der Waals surface area contributed by atoms with Gasteiger partial charge in [-0.1, -0.05) is 6.07 Å². The Kier molecular flexibility index (Phi) is 6.58. The average Bonchev–Trinajstić information content (AvgIpc) is 2.19. The van der Waals surface area contributed by atoms with Crippen LogP contribution in [0.15, 0.2) is 29.2 Å². The molecule has 0 heterocycles. The predicted molar refractivity (Wildman–Crippen MR) is 67.0 cm³/mol. The summed E-state index contributed by atoms with van der Waals surface area (Å²) in [5, 5.41) is 0. The Bertz CT molecular complexity index is 429. The SMILES string of the molecule is CCN(CC)c1cccc(S(=O)(=O)O)c1.[NaH]. The van der Waals surface area contributed by atoms with Crippen LogP contribution in [0.3, 0.4) is 0 Å². The van der Waals surface area contributed by atoms with Gasteiger partial charge in [-0.2, -0.15) is 8.42 Å². The van der Waals surface area contributed by atoms with Crippen LogP contribution in [-0.4, -0.2) is 55.6 Å². The summed E-state index contributed by atoms with van der Waals surface area (Å²) in [6.07, 6.45) is 0. The molecule has 86 valence electrons. The molecule has 6 heteroatoms. The second-order valence-electron chi connectivity index (χ2n) is 3.14. The quantitative estimate of drug-likeness (QED) is 0.645. The van der Waals surface area contributed by atoms with Crippen molar-refractivity contribution in [2.45, 2.75) is 18.7 Å². The molecular formula is C10H16NNaO3S. The fraction of sp³-hybridized carbons (Fsp3) is 0.400. The zero-order chi connectivity index (χ0) is 11.5. The fourth-order valence-corrected chi connectivity index (χ4v) is 1.95. The summed E-state index contributed by atoms with van der Waals surface area (Å²) < 4.78 is 30.7. The Morgan fingerprint density at radius 3 is 2.25 bits per heavy atom. The van der Waals surface area contributed by atoms with Crippen molar-refractivity contribution in [2.24, 2.45) is 0 Å². The van der Waals surface area contributed by atoms with Crippen LogP contribution < -0.4 is 4.90 Å². The fourth-order valence-electron chi connectivity index (χ4n) is 1.43. The van der Waals surface area contributed by atoms with Crippen LogP contribution in [0.2, 0.25) is 0 Å². The molecular weight excluding hydrogens is 237 g/mol. The van der Waals surface area contributed by atoms with E-state index in [2.05, 4.69) is 0 Å². The summed E-state index contributed by atoms with van der Waals surface area (Å²) >= 11 is 0. The second-order valence-corrected chi connectivity index (χ2v) is 4.57. The van der Waals surface area contributed by atoms with Gasteiger partial charge in [0.05, 0.1) is 4.90 Å². The first kappa shape index (κ1) is 15.9. The van der Waals surface area contributed by atoms with Gasteiger partial charge in [-0.15, -0.1) is 0 Å². The summed E-state index contributed by atoms with van der Waals surface area (Å²) in [5.41, 5.74) is 0.801. The third-order valence-corrected chi connectivity index (χ3v) is 3.09. The monoisotopic (exact) mass is 253 g/mol. The van der Waals surface area contributed by atoms with Crippen LogP contribution in [-0.2, 0) is 10.1 Å². The first-order chi connectivity index (χ1) is 6.99. The van der Waals surface area contributed by atoms with Crippen molar-refractivity contribution < 1.29 is 13.0 Å². The first-order valence-corrected chi connectivity index (χ1v) is 6.25. The zero-order valence-corrected chi connectivity index (χ0v) is 9.66. The van der Waals surface area contributed by atoms with Gasteiger partial charge in [0.25, 0.3) is 10.1 Å². The Morgan fingerprint density at radius 1 is 1.25 bits per heavy atom. The van der Waals surface area contributed by atoms with E-state index in [1.165, 1.54) is 12.1 Å². The minimum absolute atomic E-state index is 0. The maximum absolute atomic E-state index is 10.9. The summed E-state index contributed by atoms with van der Waals surface area (Å²) in [7, 11) is -4.10. The number of hydrogen-bond acceptors (Lipinski definition) is 3. The van der Waals surface area contributed by atoms with Crippen molar-refractivity contribution >= 4 is 45.4 Å². The number of anilines is 1. The summed E-state index contributed by atoms with van der Waals surface area (Å²) in [4.78, 5) is 1.95. The molecule has 0 fully saturated rings. The molecule has 16 heavy (non-hydrogen) atoms. The van der Waals surface area contributed by atoms with Crippen molar-refractivity contribution in [3.05, 3.63) is 24.3 Å². The molecule has 1 N–H and O–H groups in total. The number of nitrogens with zero attached hydrogens (tertiary/aromatic N) is 1. The molecule has 0 amide bonds. The van der Waals surface area contributed by atoms with Crippen LogP contribution in [0.25, 0.3) is 0 Å². The van der Waals surface area contributed by atoms with E-state index in [0.717, 1.165) is 18.8 Å². The van der Waals surface area contributed by atoms with Gasteiger partial charge in [0.15, 0.2) is 0 Å². The predicted octanol–water partition coefficient (Wildman–Crippen LogP) is 1.13. The van der Waals surface area contributed by atoms with E-state index in [1.807, 2.05) is 24.8 Å². The Balaban J connectivity index is 0.00000225. The summed E-state index contributed by atoms with van der Waals surface area (Å²) in [6.45, 7) is 5.57. The average molecular weight is 253 g/mol. The van der Waals surface area contributed by atoms with Crippen molar-refractivity contribution in [2.75, 3.05) is 18.0 Å². The van der Waals surface area contributed by atoms with Gasteiger partial charge >= 0.3 is 29.6 Å². The van der Waals surface area contributed by atoms with E-state index < -0.39 is 10.1 Å². The van der Waals surface area contributed by atoms with E-state index in [-0.39, 0.29) is 34.5 Å². The molecule has 1 aromatic rings.